The summed E-state index contributed by atoms with van der Waals surface area (Å²) in [7, 11) is 0. The number of rotatable bonds is 7. The van der Waals surface area contributed by atoms with Crippen molar-refractivity contribution in [3.05, 3.63) is 66.5 Å². The molecule has 1 aliphatic heterocycles. The van der Waals surface area contributed by atoms with Crippen LogP contribution in [-0.2, 0) is 6.54 Å². The van der Waals surface area contributed by atoms with Crippen LogP contribution >= 0.6 is 11.9 Å². The Morgan fingerprint density at radius 2 is 1.91 bits per heavy atom. The maximum absolute atomic E-state index is 12.4. The quantitative estimate of drug-likeness (QED) is 0.527. The van der Waals surface area contributed by atoms with Crippen LogP contribution in [0.25, 0.3) is 5.69 Å². The Labute approximate surface area is 188 Å². The summed E-state index contributed by atoms with van der Waals surface area (Å²) in [5, 5.41) is 8.44. The van der Waals surface area contributed by atoms with Gasteiger partial charge in [0.1, 0.15) is 5.75 Å². The molecular weight excluding hydrogens is 447 g/mol. The van der Waals surface area contributed by atoms with Crippen LogP contribution in [-0.4, -0.2) is 56.3 Å². The minimum absolute atomic E-state index is 0. The predicted octanol–water partition coefficient (Wildman–Crippen LogP) is 2.63. The van der Waals surface area contributed by atoms with Gasteiger partial charge in [0.15, 0.2) is 0 Å². The Balaban J connectivity index is 0.00000181. The Morgan fingerprint density at radius 1 is 1.12 bits per heavy atom. The van der Waals surface area contributed by atoms with E-state index in [2.05, 4.69) is 24.7 Å². The first-order valence-electron chi connectivity index (χ1n) is 9.42. The standard InChI is InChI=1S/C20H20F3N5OS.2H2O.H2/c21-20(22,23)29-18-7-4-8-19(11-18)30-25-15-9-10-27(12-15)13-16-14-28(26-24-16)17-5-2-1-3-6-17;;;/h1-8,11,14-15,25H,9-10,12-13H2;2*1H2;1H/t15-;;;/m1.../s1. The number of nitrogens with one attached hydrogen (secondary N) is 1. The zero-order valence-corrected chi connectivity index (χ0v) is 17.7. The van der Waals surface area contributed by atoms with Crippen LogP contribution in [0.1, 0.15) is 13.5 Å². The number of hydrogen-bond donors (Lipinski definition) is 1. The van der Waals surface area contributed by atoms with Gasteiger partial charge in [-0.3, -0.25) is 9.62 Å². The van der Waals surface area contributed by atoms with Crippen LogP contribution in [0.5, 0.6) is 5.75 Å². The maximum Gasteiger partial charge on any atom is 0.573 e. The summed E-state index contributed by atoms with van der Waals surface area (Å²) in [6.07, 6.45) is -1.82. The van der Waals surface area contributed by atoms with E-state index in [9.17, 15) is 13.2 Å². The summed E-state index contributed by atoms with van der Waals surface area (Å²) in [6.45, 7) is 2.43. The molecule has 1 aliphatic rings. The summed E-state index contributed by atoms with van der Waals surface area (Å²) in [6, 6.07) is 16.0. The van der Waals surface area contributed by atoms with Crippen LogP contribution in [0.3, 0.4) is 0 Å². The Hall–Kier alpha value is -2.64. The average Bonchev–Trinajstić information content (AvgIpc) is 3.36. The van der Waals surface area contributed by atoms with Crippen molar-refractivity contribution in [3.63, 3.8) is 0 Å². The minimum atomic E-state index is -4.69. The highest BCUT2D eigenvalue weighted by Gasteiger charge is 2.31. The average molecular weight is 474 g/mol. The van der Waals surface area contributed by atoms with E-state index in [0.717, 1.165) is 30.9 Å². The highest BCUT2D eigenvalue weighted by atomic mass is 32.2. The second-order valence-corrected chi connectivity index (χ2v) is 7.86. The number of hydrogen-bond acceptors (Lipinski definition) is 6. The van der Waals surface area contributed by atoms with E-state index in [1.165, 1.54) is 24.1 Å². The largest absolute Gasteiger partial charge is 0.573 e. The third-order valence-electron chi connectivity index (χ3n) is 4.60. The van der Waals surface area contributed by atoms with Crippen molar-refractivity contribution in [2.24, 2.45) is 0 Å². The van der Waals surface area contributed by atoms with Crippen LogP contribution in [0, 0.1) is 0 Å². The van der Waals surface area contributed by atoms with Gasteiger partial charge in [0, 0.05) is 32.0 Å². The summed E-state index contributed by atoms with van der Waals surface area (Å²) < 4.78 is 46.1. The molecule has 0 spiro atoms. The zero-order valence-electron chi connectivity index (χ0n) is 16.9. The third-order valence-corrected chi connectivity index (χ3v) is 5.54. The maximum atomic E-state index is 12.4. The molecule has 8 nitrogen and oxygen atoms in total. The van der Waals surface area contributed by atoms with Gasteiger partial charge in [0.05, 0.1) is 17.6 Å². The summed E-state index contributed by atoms with van der Waals surface area (Å²) in [4.78, 5) is 2.95. The van der Waals surface area contributed by atoms with E-state index >= 15 is 0 Å². The molecule has 0 amide bonds. The highest BCUT2D eigenvalue weighted by molar-refractivity contribution is 7.97. The predicted molar refractivity (Wildman–Crippen MR) is 117 cm³/mol. The Kier molecular flexibility index (Phi) is 9.04. The molecule has 3 aromatic rings. The van der Waals surface area contributed by atoms with Gasteiger partial charge in [0.2, 0.25) is 0 Å². The molecule has 12 heteroatoms. The summed E-state index contributed by atoms with van der Waals surface area (Å²) >= 11 is 1.31. The highest BCUT2D eigenvalue weighted by Crippen LogP contribution is 2.27. The molecule has 5 N–H and O–H groups in total. The molecule has 0 bridgehead atoms. The molecule has 2 aromatic carbocycles. The summed E-state index contributed by atoms with van der Waals surface area (Å²) in [5.74, 6) is -0.219. The molecule has 0 radical (unpaired) electrons. The second kappa shape index (κ2) is 11.3. The Bertz CT molecular complexity index is 981. The fraction of sp³-hybridized carbons (Fsp3) is 0.300. The van der Waals surface area contributed by atoms with E-state index in [0.29, 0.717) is 11.4 Å². The van der Waals surface area contributed by atoms with Gasteiger partial charge in [0.25, 0.3) is 0 Å². The first-order valence-corrected chi connectivity index (χ1v) is 10.2. The van der Waals surface area contributed by atoms with Crippen LogP contribution in [0.4, 0.5) is 13.2 Å². The number of likely N-dealkylation sites (tertiary alicyclic amines) is 1. The van der Waals surface area contributed by atoms with E-state index in [1.54, 1.807) is 16.8 Å². The molecule has 2 heterocycles. The number of aromatic nitrogens is 3. The van der Waals surface area contributed by atoms with Crippen LogP contribution in [0.2, 0.25) is 0 Å². The molecule has 32 heavy (non-hydrogen) atoms. The van der Waals surface area contributed by atoms with Crippen molar-refractivity contribution < 1.29 is 30.3 Å². The number of benzene rings is 2. The number of halogens is 3. The Morgan fingerprint density at radius 3 is 2.66 bits per heavy atom. The van der Waals surface area contributed by atoms with Crippen LogP contribution in [0.15, 0.2) is 65.7 Å². The molecule has 1 aromatic heterocycles. The van der Waals surface area contributed by atoms with Crippen molar-refractivity contribution in [2.45, 2.75) is 30.3 Å². The zero-order chi connectivity index (χ0) is 21.0. The van der Waals surface area contributed by atoms with E-state index in [-0.39, 0.29) is 24.2 Å². The lowest BCUT2D eigenvalue weighted by atomic mass is 10.3. The van der Waals surface area contributed by atoms with Gasteiger partial charge in [-0.2, -0.15) is 0 Å². The smallest absolute Gasteiger partial charge is 0.412 e. The molecular formula is C20H26F3N5O3S. The molecule has 176 valence electrons. The fourth-order valence-corrected chi connectivity index (χ4v) is 4.08. The molecule has 4 rings (SSSR count). The lowest BCUT2D eigenvalue weighted by molar-refractivity contribution is -0.274. The lowest BCUT2D eigenvalue weighted by Crippen LogP contribution is -2.28. The molecule has 0 saturated carbocycles. The van der Waals surface area contributed by atoms with Crippen molar-refractivity contribution in [3.8, 4) is 11.4 Å². The van der Waals surface area contributed by atoms with Gasteiger partial charge < -0.3 is 15.7 Å². The first-order chi connectivity index (χ1) is 14.4. The SMILES string of the molecule is FC(F)(F)Oc1cccc(SN[C@@H]2CCN(Cc3cn(-c4ccccc4)nn3)C2)c1.O.O.[HH]. The number of para-hydroxylation sites is 1. The number of ether oxygens (including phenoxy) is 1. The van der Waals surface area contributed by atoms with Crippen LogP contribution < -0.4 is 9.46 Å². The fourth-order valence-electron chi connectivity index (χ4n) is 3.27. The number of nitrogens with zero attached hydrogens (tertiary/aromatic N) is 4. The van der Waals surface area contributed by atoms with Gasteiger partial charge >= 0.3 is 6.36 Å². The molecule has 1 saturated heterocycles. The lowest BCUT2D eigenvalue weighted by Gasteiger charge is -2.15. The van der Waals surface area contributed by atoms with Gasteiger partial charge in [-0.1, -0.05) is 29.5 Å². The third kappa shape index (κ3) is 7.21. The summed E-state index contributed by atoms with van der Waals surface area (Å²) in [5.41, 5.74) is 1.86. The minimum Gasteiger partial charge on any atom is -0.412 e. The topological polar surface area (TPSA) is 118 Å². The number of alkyl halides is 3. The van der Waals surface area contributed by atoms with Crippen molar-refractivity contribution in [1.82, 2.24) is 24.6 Å². The monoisotopic (exact) mass is 473 g/mol. The molecule has 1 atom stereocenters. The second-order valence-electron chi connectivity index (χ2n) is 6.95. The normalized spacial score (nSPS) is 16.3. The van der Waals surface area contributed by atoms with Gasteiger partial charge in [-0.15, -0.1) is 18.3 Å². The van der Waals surface area contributed by atoms with Crippen molar-refractivity contribution in [1.29, 1.82) is 0 Å². The first kappa shape index (κ1) is 25.6. The molecule has 0 aliphatic carbocycles. The van der Waals surface area contributed by atoms with E-state index in [1.807, 2.05) is 36.5 Å². The van der Waals surface area contributed by atoms with Crippen molar-refractivity contribution >= 4 is 11.9 Å². The van der Waals surface area contributed by atoms with Gasteiger partial charge in [-0.05, 0) is 48.7 Å². The molecule has 1 fully saturated rings. The van der Waals surface area contributed by atoms with E-state index in [4.69, 9.17) is 0 Å². The molecule has 0 unspecified atom stereocenters. The van der Waals surface area contributed by atoms with E-state index < -0.39 is 6.36 Å². The van der Waals surface area contributed by atoms with Gasteiger partial charge in [-0.25, -0.2) is 4.68 Å². The van der Waals surface area contributed by atoms with Crippen molar-refractivity contribution in [2.75, 3.05) is 13.1 Å².